The average molecular weight is 248 g/mol. The van der Waals surface area contributed by atoms with Crippen molar-refractivity contribution < 1.29 is 22.3 Å². The van der Waals surface area contributed by atoms with Crippen molar-refractivity contribution in [2.24, 2.45) is 0 Å². The number of ether oxygens (including phenoxy) is 1. The fourth-order valence-corrected chi connectivity index (χ4v) is 1.32. The van der Waals surface area contributed by atoms with Crippen LogP contribution in [0, 0.1) is 18.3 Å². The van der Waals surface area contributed by atoms with Gasteiger partial charge < -0.3 is 4.74 Å². The molecule has 7 heteroatoms. The van der Waals surface area contributed by atoms with Gasteiger partial charge in [0, 0.05) is 11.3 Å². The topological polar surface area (TPSA) is 45.9 Å². The number of aryl methyl sites for hydroxylation is 1. The van der Waals surface area contributed by atoms with Gasteiger partial charge in [0.1, 0.15) is 6.67 Å². The lowest BCUT2D eigenvalue weighted by atomic mass is 10.1. The highest BCUT2D eigenvalue weighted by Gasteiger charge is 2.33. The fourth-order valence-electron chi connectivity index (χ4n) is 1.32. The summed E-state index contributed by atoms with van der Waals surface area (Å²) in [7, 11) is 0. The minimum Gasteiger partial charge on any atom is -0.388 e. The number of aromatic nitrogens is 1. The molecule has 0 spiro atoms. The van der Waals surface area contributed by atoms with Gasteiger partial charge in [-0.15, -0.1) is 13.2 Å². The molecule has 0 atom stereocenters. The number of pyridine rings is 1. The smallest absolute Gasteiger partial charge is 0.388 e. The predicted molar refractivity (Wildman–Crippen MR) is 49.8 cm³/mol. The molecule has 0 saturated carbocycles. The maximum Gasteiger partial charge on any atom is 0.574 e. The second-order valence-corrected chi connectivity index (χ2v) is 3.22. The molecule has 0 unspecified atom stereocenters. The molecule has 0 saturated heterocycles. The molecule has 0 aliphatic rings. The summed E-state index contributed by atoms with van der Waals surface area (Å²) >= 11 is 0. The maximum atomic E-state index is 12.6. The van der Waals surface area contributed by atoms with E-state index in [1.807, 2.05) is 0 Å². The van der Waals surface area contributed by atoms with Crippen LogP contribution in [-0.2, 0) is 13.1 Å². The Balaban J connectivity index is 3.26. The molecule has 1 rings (SSSR count). The Kier molecular flexibility index (Phi) is 3.89. The van der Waals surface area contributed by atoms with E-state index in [-0.39, 0.29) is 16.8 Å². The zero-order chi connectivity index (χ0) is 13.1. The Bertz CT molecular complexity index is 451. The number of hydrogen-bond acceptors (Lipinski definition) is 3. The molecule has 0 aromatic carbocycles. The third-order valence-corrected chi connectivity index (χ3v) is 1.92. The highest BCUT2D eigenvalue weighted by molar-refractivity contribution is 5.38. The molecular formula is C10H8F4N2O. The van der Waals surface area contributed by atoms with E-state index < -0.39 is 25.3 Å². The predicted octanol–water partition coefficient (Wildman–Crippen LogP) is 2.82. The number of hydrogen-bond donors (Lipinski definition) is 0. The molecule has 0 N–H and O–H groups in total. The first-order valence-electron chi connectivity index (χ1n) is 4.55. The van der Waals surface area contributed by atoms with Crippen molar-refractivity contribution in [3.63, 3.8) is 0 Å². The number of nitriles is 1. The van der Waals surface area contributed by atoms with Crippen LogP contribution in [0.1, 0.15) is 16.8 Å². The summed E-state index contributed by atoms with van der Waals surface area (Å²) in [4.78, 5) is 3.53. The Labute approximate surface area is 94.6 Å². The van der Waals surface area contributed by atoms with Crippen molar-refractivity contribution in [2.45, 2.75) is 26.4 Å². The van der Waals surface area contributed by atoms with E-state index in [1.165, 1.54) is 13.0 Å². The Hall–Kier alpha value is -1.84. The normalized spacial score (nSPS) is 11.1. The summed E-state index contributed by atoms with van der Waals surface area (Å²) < 4.78 is 52.6. The van der Waals surface area contributed by atoms with Gasteiger partial charge in [0.05, 0.1) is 12.5 Å². The van der Waals surface area contributed by atoms with Crippen molar-refractivity contribution in [1.82, 2.24) is 4.98 Å². The van der Waals surface area contributed by atoms with Crippen molar-refractivity contribution in [3.05, 3.63) is 22.9 Å². The van der Waals surface area contributed by atoms with Crippen molar-refractivity contribution in [1.29, 1.82) is 5.26 Å². The third kappa shape index (κ3) is 3.59. The van der Waals surface area contributed by atoms with Crippen LogP contribution in [0.5, 0.6) is 5.88 Å². The fraction of sp³-hybridized carbons (Fsp3) is 0.400. The number of alkyl halides is 4. The zero-order valence-electron chi connectivity index (χ0n) is 8.81. The quantitative estimate of drug-likeness (QED) is 0.772. The Morgan fingerprint density at radius 1 is 1.47 bits per heavy atom. The number of rotatable bonds is 3. The van der Waals surface area contributed by atoms with E-state index >= 15 is 0 Å². The van der Waals surface area contributed by atoms with Gasteiger partial charge in [-0.2, -0.15) is 5.26 Å². The zero-order valence-corrected chi connectivity index (χ0v) is 8.81. The number of halogens is 4. The van der Waals surface area contributed by atoms with Crippen LogP contribution >= 0.6 is 0 Å². The largest absolute Gasteiger partial charge is 0.574 e. The molecule has 0 bridgehead atoms. The van der Waals surface area contributed by atoms with Crippen molar-refractivity contribution >= 4 is 0 Å². The van der Waals surface area contributed by atoms with Crippen LogP contribution in [0.25, 0.3) is 0 Å². The van der Waals surface area contributed by atoms with E-state index in [9.17, 15) is 17.6 Å². The molecule has 0 fully saturated rings. The molecule has 17 heavy (non-hydrogen) atoms. The summed E-state index contributed by atoms with van der Waals surface area (Å²) in [6.45, 7) is 0.438. The third-order valence-electron chi connectivity index (χ3n) is 1.92. The lowest BCUT2D eigenvalue weighted by Crippen LogP contribution is -2.19. The van der Waals surface area contributed by atoms with Gasteiger partial charge in [-0.05, 0) is 18.6 Å². The van der Waals surface area contributed by atoms with Crippen LogP contribution in [-0.4, -0.2) is 11.3 Å². The van der Waals surface area contributed by atoms with Gasteiger partial charge in [0.15, 0.2) is 0 Å². The van der Waals surface area contributed by atoms with Crippen molar-refractivity contribution in [3.8, 4) is 11.9 Å². The molecular weight excluding hydrogens is 240 g/mol. The summed E-state index contributed by atoms with van der Waals surface area (Å²) in [5.74, 6) is -0.758. The van der Waals surface area contributed by atoms with Gasteiger partial charge in [0.25, 0.3) is 0 Å². The summed E-state index contributed by atoms with van der Waals surface area (Å²) in [5.41, 5.74) is 0.00909. The van der Waals surface area contributed by atoms with E-state index in [0.29, 0.717) is 0 Å². The average Bonchev–Trinajstić information content (AvgIpc) is 2.19. The maximum absolute atomic E-state index is 12.6. The lowest BCUT2D eigenvalue weighted by Gasteiger charge is -2.13. The second kappa shape index (κ2) is 4.99. The molecule has 0 radical (unpaired) electrons. The van der Waals surface area contributed by atoms with Gasteiger partial charge in [-0.25, -0.2) is 9.37 Å². The minimum absolute atomic E-state index is 0.0155. The molecule has 1 aromatic rings. The van der Waals surface area contributed by atoms with Crippen LogP contribution in [0.4, 0.5) is 17.6 Å². The van der Waals surface area contributed by atoms with Gasteiger partial charge >= 0.3 is 6.36 Å². The summed E-state index contributed by atoms with van der Waals surface area (Å²) in [5, 5.41) is 8.49. The first-order chi connectivity index (χ1) is 7.87. The Morgan fingerprint density at radius 3 is 2.59 bits per heavy atom. The standard InChI is InChI=1S/C10H8F4N2O/c1-6-4-7(5-11)8(2-3-15)9(16-6)17-10(12,13)14/h4H,2,5H2,1H3. The van der Waals surface area contributed by atoms with Gasteiger partial charge in [0.2, 0.25) is 5.88 Å². The van der Waals surface area contributed by atoms with E-state index in [2.05, 4.69) is 9.72 Å². The molecule has 0 aliphatic carbocycles. The van der Waals surface area contributed by atoms with Gasteiger partial charge in [-0.3, -0.25) is 0 Å². The van der Waals surface area contributed by atoms with E-state index in [0.717, 1.165) is 0 Å². The van der Waals surface area contributed by atoms with E-state index in [1.54, 1.807) is 6.07 Å². The summed E-state index contributed by atoms with van der Waals surface area (Å²) in [6.07, 6.45) is -5.31. The number of nitrogens with zero attached hydrogens (tertiary/aromatic N) is 2. The second-order valence-electron chi connectivity index (χ2n) is 3.22. The van der Waals surface area contributed by atoms with Crippen LogP contribution in [0.15, 0.2) is 6.07 Å². The highest BCUT2D eigenvalue weighted by atomic mass is 19.4. The van der Waals surface area contributed by atoms with Crippen molar-refractivity contribution in [2.75, 3.05) is 0 Å². The van der Waals surface area contributed by atoms with E-state index in [4.69, 9.17) is 5.26 Å². The molecule has 0 amide bonds. The van der Waals surface area contributed by atoms with Gasteiger partial charge in [-0.1, -0.05) is 0 Å². The minimum atomic E-state index is -4.92. The first kappa shape index (κ1) is 13.2. The SMILES string of the molecule is Cc1cc(CF)c(CC#N)c(OC(F)(F)F)n1. The monoisotopic (exact) mass is 248 g/mol. The highest BCUT2D eigenvalue weighted by Crippen LogP contribution is 2.28. The van der Waals surface area contributed by atoms with Crippen LogP contribution in [0.3, 0.4) is 0 Å². The van der Waals surface area contributed by atoms with Crippen LogP contribution in [0.2, 0.25) is 0 Å². The first-order valence-corrected chi connectivity index (χ1v) is 4.55. The molecule has 1 aromatic heterocycles. The molecule has 1 heterocycles. The summed E-state index contributed by atoms with van der Waals surface area (Å²) in [6, 6.07) is 2.94. The molecule has 3 nitrogen and oxygen atoms in total. The van der Waals surface area contributed by atoms with Crippen LogP contribution < -0.4 is 4.74 Å². The Morgan fingerprint density at radius 2 is 2.12 bits per heavy atom. The molecule has 0 aliphatic heterocycles. The molecule has 92 valence electrons. The lowest BCUT2D eigenvalue weighted by molar-refractivity contribution is -0.276.